The first-order valence-electron chi connectivity index (χ1n) is 5.99. The van der Waals surface area contributed by atoms with E-state index in [1.54, 1.807) is 12.1 Å². The van der Waals surface area contributed by atoms with Crippen molar-refractivity contribution in [3.05, 3.63) is 34.3 Å². The molecule has 1 aromatic carbocycles. The second-order valence-electron chi connectivity index (χ2n) is 4.34. The first kappa shape index (κ1) is 13.3. The maximum atomic E-state index is 7.34. The maximum Gasteiger partial charge on any atom is 0.122 e. The Balaban J connectivity index is 1.94. The van der Waals surface area contributed by atoms with Crippen molar-refractivity contribution in [2.24, 2.45) is 5.73 Å². The summed E-state index contributed by atoms with van der Waals surface area (Å²) in [4.78, 5) is 0. The molecule has 0 amide bonds. The van der Waals surface area contributed by atoms with E-state index in [9.17, 15) is 0 Å². The van der Waals surface area contributed by atoms with Crippen molar-refractivity contribution in [1.82, 2.24) is 0 Å². The third-order valence-corrected chi connectivity index (χ3v) is 3.36. The van der Waals surface area contributed by atoms with Gasteiger partial charge >= 0.3 is 0 Å². The van der Waals surface area contributed by atoms with Crippen molar-refractivity contribution in [3.63, 3.8) is 0 Å². The minimum Gasteiger partial charge on any atom is -0.384 e. The highest BCUT2D eigenvalue weighted by atomic mass is 35.5. The average Bonchev–Trinajstić information content (AvgIpc) is 2.38. The summed E-state index contributed by atoms with van der Waals surface area (Å²) in [5, 5.41) is 7.93. The highest BCUT2D eigenvalue weighted by Crippen LogP contribution is 2.20. The first-order chi connectivity index (χ1) is 8.66. The fraction of sp³-hybridized carbons (Fsp3) is 0.462. The third-order valence-electron chi connectivity index (χ3n) is 3.01. The number of nitrogens with one attached hydrogen (secondary N) is 1. The molecule has 0 radical (unpaired) electrons. The average molecular weight is 269 g/mol. The number of hydrogen-bond donors (Lipinski definition) is 2. The van der Waals surface area contributed by atoms with E-state index in [-0.39, 0.29) is 11.9 Å². The molecule has 18 heavy (non-hydrogen) atoms. The van der Waals surface area contributed by atoms with Crippen LogP contribution in [0.1, 0.15) is 24.0 Å². The minimum absolute atomic E-state index is 0.0220. The summed E-state index contributed by atoms with van der Waals surface area (Å²) < 4.78 is 11.1. The number of nitrogen functional groups attached to an aromatic ring is 1. The molecular weight excluding hydrogens is 252 g/mol. The van der Waals surface area contributed by atoms with Crippen molar-refractivity contribution < 1.29 is 9.47 Å². The van der Waals surface area contributed by atoms with Crippen LogP contribution in [0.4, 0.5) is 0 Å². The van der Waals surface area contributed by atoms with E-state index in [2.05, 4.69) is 0 Å². The zero-order chi connectivity index (χ0) is 13.0. The molecule has 1 heterocycles. The normalized spacial score (nSPS) is 16.7. The van der Waals surface area contributed by atoms with Gasteiger partial charge in [-0.15, -0.1) is 0 Å². The molecule has 0 atom stereocenters. The quantitative estimate of drug-likeness (QED) is 0.650. The van der Waals surface area contributed by atoms with Crippen LogP contribution in [0.15, 0.2) is 18.2 Å². The van der Waals surface area contributed by atoms with Gasteiger partial charge in [-0.25, -0.2) is 0 Å². The van der Waals surface area contributed by atoms with E-state index in [0.29, 0.717) is 17.2 Å². The van der Waals surface area contributed by atoms with E-state index in [0.717, 1.165) is 31.6 Å². The van der Waals surface area contributed by atoms with Gasteiger partial charge in [0.15, 0.2) is 0 Å². The standard InChI is InChI=1S/C13H17ClN2O2/c14-12-7-9(13(15)16)1-2-10(12)8-18-11-3-5-17-6-4-11/h1-2,7,11H,3-6,8H2,(H3,15,16). The third kappa shape index (κ3) is 3.45. The van der Waals surface area contributed by atoms with Gasteiger partial charge in [0.1, 0.15) is 5.84 Å². The molecule has 1 fully saturated rings. The van der Waals surface area contributed by atoms with Gasteiger partial charge in [-0.3, -0.25) is 5.41 Å². The number of ether oxygens (including phenoxy) is 2. The molecule has 1 aliphatic heterocycles. The van der Waals surface area contributed by atoms with Gasteiger partial charge in [0.05, 0.1) is 12.7 Å². The van der Waals surface area contributed by atoms with E-state index in [4.69, 9.17) is 32.2 Å². The zero-order valence-electron chi connectivity index (χ0n) is 10.1. The SMILES string of the molecule is N=C(N)c1ccc(COC2CCOCC2)c(Cl)c1. The number of amidine groups is 1. The summed E-state index contributed by atoms with van der Waals surface area (Å²) >= 11 is 6.13. The first-order valence-corrected chi connectivity index (χ1v) is 6.37. The smallest absolute Gasteiger partial charge is 0.122 e. The van der Waals surface area contributed by atoms with Crippen molar-refractivity contribution in [1.29, 1.82) is 5.41 Å². The molecule has 4 nitrogen and oxygen atoms in total. The summed E-state index contributed by atoms with van der Waals surface area (Å²) in [7, 11) is 0. The number of rotatable bonds is 4. The van der Waals surface area contributed by atoms with Gasteiger partial charge in [0, 0.05) is 23.8 Å². The molecule has 5 heteroatoms. The van der Waals surface area contributed by atoms with Gasteiger partial charge < -0.3 is 15.2 Å². The molecule has 0 bridgehead atoms. The highest BCUT2D eigenvalue weighted by molar-refractivity contribution is 6.31. The molecule has 1 aromatic rings. The van der Waals surface area contributed by atoms with Crippen LogP contribution in [0.5, 0.6) is 0 Å². The summed E-state index contributed by atoms with van der Waals surface area (Å²) in [5.41, 5.74) is 6.96. The lowest BCUT2D eigenvalue weighted by atomic mass is 10.1. The van der Waals surface area contributed by atoms with Crippen molar-refractivity contribution in [2.75, 3.05) is 13.2 Å². The van der Waals surface area contributed by atoms with Crippen LogP contribution in [-0.4, -0.2) is 25.2 Å². The molecule has 0 unspecified atom stereocenters. The Morgan fingerprint density at radius 2 is 2.17 bits per heavy atom. The zero-order valence-corrected chi connectivity index (χ0v) is 10.9. The minimum atomic E-state index is 0.0220. The lowest BCUT2D eigenvalue weighted by molar-refractivity contribution is -0.0390. The van der Waals surface area contributed by atoms with Gasteiger partial charge in [-0.1, -0.05) is 23.7 Å². The van der Waals surface area contributed by atoms with Crippen molar-refractivity contribution in [2.45, 2.75) is 25.6 Å². The summed E-state index contributed by atoms with van der Waals surface area (Å²) in [6.45, 7) is 2.02. The Morgan fingerprint density at radius 3 is 2.78 bits per heavy atom. The van der Waals surface area contributed by atoms with Gasteiger partial charge in [-0.05, 0) is 24.5 Å². The summed E-state index contributed by atoms with van der Waals surface area (Å²) in [6.07, 6.45) is 2.12. The van der Waals surface area contributed by atoms with E-state index >= 15 is 0 Å². The fourth-order valence-electron chi connectivity index (χ4n) is 1.88. The number of hydrogen-bond acceptors (Lipinski definition) is 3. The fourth-order valence-corrected chi connectivity index (χ4v) is 2.12. The molecule has 1 aliphatic rings. The molecule has 0 aliphatic carbocycles. The monoisotopic (exact) mass is 268 g/mol. The molecule has 1 saturated heterocycles. The second kappa shape index (κ2) is 6.18. The predicted octanol–water partition coefficient (Wildman–Crippen LogP) is 2.32. The largest absolute Gasteiger partial charge is 0.384 e. The Hall–Kier alpha value is -1.10. The molecule has 2 rings (SSSR count). The maximum absolute atomic E-state index is 7.34. The summed E-state index contributed by atoms with van der Waals surface area (Å²) in [6, 6.07) is 5.35. The molecule has 98 valence electrons. The van der Waals surface area contributed by atoms with Crippen LogP contribution in [-0.2, 0) is 16.1 Å². The van der Waals surface area contributed by atoms with Crippen LogP contribution in [0.3, 0.4) is 0 Å². The lowest BCUT2D eigenvalue weighted by Crippen LogP contribution is -2.23. The van der Waals surface area contributed by atoms with Gasteiger partial charge in [0.25, 0.3) is 0 Å². The van der Waals surface area contributed by atoms with Crippen LogP contribution < -0.4 is 5.73 Å². The number of halogens is 1. The second-order valence-corrected chi connectivity index (χ2v) is 4.75. The van der Waals surface area contributed by atoms with Crippen LogP contribution in [0, 0.1) is 5.41 Å². The Morgan fingerprint density at radius 1 is 1.44 bits per heavy atom. The number of nitrogens with two attached hydrogens (primary N) is 1. The van der Waals surface area contributed by atoms with Crippen LogP contribution in [0.25, 0.3) is 0 Å². The van der Waals surface area contributed by atoms with Crippen molar-refractivity contribution >= 4 is 17.4 Å². The molecular formula is C13H17ClN2O2. The van der Waals surface area contributed by atoms with E-state index in [1.165, 1.54) is 0 Å². The molecule has 0 aromatic heterocycles. The van der Waals surface area contributed by atoms with Crippen LogP contribution >= 0.6 is 11.6 Å². The molecule has 0 saturated carbocycles. The number of benzene rings is 1. The predicted molar refractivity (Wildman–Crippen MR) is 71.1 cm³/mol. The van der Waals surface area contributed by atoms with Gasteiger partial charge in [-0.2, -0.15) is 0 Å². The Kier molecular flexibility index (Phi) is 4.58. The molecule has 0 spiro atoms. The van der Waals surface area contributed by atoms with Crippen LogP contribution in [0.2, 0.25) is 5.02 Å². The Labute approximate surface area is 112 Å². The lowest BCUT2D eigenvalue weighted by Gasteiger charge is -2.22. The highest BCUT2D eigenvalue weighted by Gasteiger charge is 2.14. The molecule has 3 N–H and O–H groups in total. The van der Waals surface area contributed by atoms with Crippen molar-refractivity contribution in [3.8, 4) is 0 Å². The summed E-state index contributed by atoms with van der Waals surface area (Å²) in [5.74, 6) is 0.0220. The Bertz CT molecular complexity index is 431. The van der Waals surface area contributed by atoms with Gasteiger partial charge in [0.2, 0.25) is 0 Å². The van der Waals surface area contributed by atoms with E-state index in [1.807, 2.05) is 6.07 Å². The topological polar surface area (TPSA) is 68.3 Å². The van der Waals surface area contributed by atoms with E-state index < -0.39 is 0 Å².